The van der Waals surface area contributed by atoms with E-state index in [1.807, 2.05) is 12.2 Å². The molecule has 0 atom stereocenters. The fourth-order valence-corrected chi connectivity index (χ4v) is 1.80. The molecular formula is C9H11NO2. The van der Waals surface area contributed by atoms with Crippen molar-refractivity contribution in [1.82, 2.24) is 4.90 Å². The van der Waals surface area contributed by atoms with Crippen molar-refractivity contribution < 1.29 is 9.90 Å². The molecule has 0 bridgehead atoms. The van der Waals surface area contributed by atoms with E-state index in [2.05, 4.69) is 0 Å². The highest BCUT2D eigenvalue weighted by atomic mass is 16.4. The van der Waals surface area contributed by atoms with Crippen LogP contribution in [-0.2, 0) is 0 Å². The molecule has 1 aliphatic heterocycles. The van der Waals surface area contributed by atoms with Gasteiger partial charge in [-0.3, -0.25) is 4.90 Å². The molecule has 0 aromatic carbocycles. The van der Waals surface area contributed by atoms with Crippen LogP contribution in [0.1, 0.15) is 19.3 Å². The van der Waals surface area contributed by atoms with Gasteiger partial charge >= 0.3 is 6.09 Å². The van der Waals surface area contributed by atoms with Gasteiger partial charge in [-0.15, -0.1) is 0 Å². The highest BCUT2D eigenvalue weighted by Gasteiger charge is 2.25. The van der Waals surface area contributed by atoms with Gasteiger partial charge < -0.3 is 5.11 Å². The van der Waals surface area contributed by atoms with Crippen LogP contribution in [0.25, 0.3) is 0 Å². The third-order valence-corrected chi connectivity index (χ3v) is 2.41. The molecule has 12 heavy (non-hydrogen) atoms. The van der Waals surface area contributed by atoms with Gasteiger partial charge in [0.05, 0.1) is 0 Å². The van der Waals surface area contributed by atoms with Crippen LogP contribution in [0.2, 0.25) is 0 Å². The van der Waals surface area contributed by atoms with E-state index >= 15 is 0 Å². The third kappa shape index (κ3) is 1.02. The number of nitrogens with zero attached hydrogens (tertiary/aromatic N) is 1. The number of amides is 1. The van der Waals surface area contributed by atoms with Crippen LogP contribution < -0.4 is 0 Å². The quantitative estimate of drug-likeness (QED) is 0.596. The molecule has 1 heterocycles. The number of carboxylic acid groups (broad SMARTS) is 1. The van der Waals surface area contributed by atoms with Gasteiger partial charge in [0.15, 0.2) is 0 Å². The van der Waals surface area contributed by atoms with E-state index in [9.17, 15) is 4.79 Å². The van der Waals surface area contributed by atoms with Gasteiger partial charge in [-0.1, -0.05) is 6.08 Å². The largest absolute Gasteiger partial charge is 0.465 e. The Kier molecular flexibility index (Phi) is 1.64. The summed E-state index contributed by atoms with van der Waals surface area (Å²) in [6.45, 7) is 0.643. The molecule has 64 valence electrons. The minimum Gasteiger partial charge on any atom is -0.465 e. The van der Waals surface area contributed by atoms with E-state index in [1.54, 1.807) is 0 Å². The predicted octanol–water partition coefficient (Wildman–Crippen LogP) is 1.97. The van der Waals surface area contributed by atoms with Crippen molar-refractivity contribution in [3.05, 3.63) is 23.4 Å². The van der Waals surface area contributed by atoms with Gasteiger partial charge in [0, 0.05) is 12.2 Å². The average Bonchev–Trinajstić information content (AvgIpc) is 2.47. The molecule has 0 aromatic heterocycles. The van der Waals surface area contributed by atoms with Crippen molar-refractivity contribution in [3.63, 3.8) is 0 Å². The van der Waals surface area contributed by atoms with Crippen molar-refractivity contribution >= 4 is 6.09 Å². The summed E-state index contributed by atoms with van der Waals surface area (Å²) in [6.07, 6.45) is 6.17. The molecule has 0 aromatic rings. The summed E-state index contributed by atoms with van der Waals surface area (Å²) in [7, 11) is 0. The maximum Gasteiger partial charge on any atom is 0.411 e. The van der Waals surface area contributed by atoms with Gasteiger partial charge in [0.2, 0.25) is 0 Å². The zero-order chi connectivity index (χ0) is 8.55. The lowest BCUT2D eigenvalue weighted by atomic mass is 10.0. The summed E-state index contributed by atoms with van der Waals surface area (Å²) in [5.74, 6) is 0. The first-order valence-electron chi connectivity index (χ1n) is 4.18. The van der Waals surface area contributed by atoms with E-state index in [4.69, 9.17) is 5.11 Å². The molecule has 0 unspecified atom stereocenters. The van der Waals surface area contributed by atoms with Crippen LogP contribution in [0, 0.1) is 0 Å². The molecule has 1 amide bonds. The number of allylic oxidation sites excluding steroid dienone is 2. The van der Waals surface area contributed by atoms with Crippen LogP contribution >= 0.6 is 0 Å². The van der Waals surface area contributed by atoms with Crippen LogP contribution in [0.15, 0.2) is 23.4 Å². The zero-order valence-corrected chi connectivity index (χ0v) is 6.79. The highest BCUT2D eigenvalue weighted by molar-refractivity contribution is 5.70. The molecule has 0 fully saturated rings. The van der Waals surface area contributed by atoms with Gasteiger partial charge in [0.25, 0.3) is 0 Å². The fourth-order valence-electron chi connectivity index (χ4n) is 1.80. The van der Waals surface area contributed by atoms with E-state index < -0.39 is 6.09 Å². The second-order valence-corrected chi connectivity index (χ2v) is 3.11. The van der Waals surface area contributed by atoms with Crippen molar-refractivity contribution in [2.45, 2.75) is 19.3 Å². The van der Waals surface area contributed by atoms with Crippen molar-refractivity contribution in [3.8, 4) is 0 Å². The maximum absolute atomic E-state index is 10.7. The standard InChI is InChI=1S/C9H11NO2/c11-9(12)10-6-5-7-3-1-2-4-8(7)10/h2,4H,1,3,5-6H2,(H,11,12). The lowest BCUT2D eigenvalue weighted by Crippen LogP contribution is -2.25. The normalized spacial score (nSPS) is 21.5. The Balaban J connectivity index is 2.28. The van der Waals surface area contributed by atoms with E-state index in [-0.39, 0.29) is 0 Å². The Bertz CT molecular complexity index is 278. The summed E-state index contributed by atoms with van der Waals surface area (Å²) in [5, 5.41) is 8.81. The molecule has 0 radical (unpaired) electrons. The number of hydrogen-bond acceptors (Lipinski definition) is 1. The summed E-state index contributed by atoms with van der Waals surface area (Å²) in [5.41, 5.74) is 2.23. The third-order valence-electron chi connectivity index (χ3n) is 2.41. The van der Waals surface area contributed by atoms with Crippen molar-refractivity contribution in [2.75, 3.05) is 6.54 Å². The van der Waals surface area contributed by atoms with E-state index in [1.165, 1.54) is 10.5 Å². The molecule has 0 saturated heterocycles. The van der Waals surface area contributed by atoms with Crippen LogP contribution in [-0.4, -0.2) is 22.6 Å². The summed E-state index contributed by atoms with van der Waals surface area (Å²) >= 11 is 0. The number of carbonyl (C=O) groups is 1. The van der Waals surface area contributed by atoms with Gasteiger partial charge in [-0.25, -0.2) is 4.79 Å². The first-order chi connectivity index (χ1) is 5.79. The summed E-state index contributed by atoms with van der Waals surface area (Å²) < 4.78 is 0. The Morgan fingerprint density at radius 2 is 2.33 bits per heavy atom. The minimum atomic E-state index is -0.827. The molecule has 2 aliphatic rings. The molecular weight excluding hydrogens is 154 g/mol. The number of rotatable bonds is 0. The molecule has 0 spiro atoms. The average molecular weight is 165 g/mol. The molecule has 2 rings (SSSR count). The lowest BCUT2D eigenvalue weighted by molar-refractivity contribution is 0.163. The Morgan fingerprint density at radius 3 is 3.08 bits per heavy atom. The fraction of sp³-hybridized carbons (Fsp3) is 0.444. The van der Waals surface area contributed by atoms with Crippen LogP contribution in [0.4, 0.5) is 4.79 Å². The first-order valence-corrected chi connectivity index (χ1v) is 4.18. The minimum absolute atomic E-state index is 0.643. The monoisotopic (exact) mass is 165 g/mol. The molecule has 3 heteroatoms. The number of hydrogen-bond donors (Lipinski definition) is 1. The topological polar surface area (TPSA) is 40.5 Å². The highest BCUT2D eigenvalue weighted by Crippen LogP contribution is 2.30. The smallest absolute Gasteiger partial charge is 0.411 e. The maximum atomic E-state index is 10.7. The lowest BCUT2D eigenvalue weighted by Gasteiger charge is -2.15. The molecule has 1 N–H and O–H groups in total. The first kappa shape index (κ1) is 7.40. The van der Waals surface area contributed by atoms with Crippen LogP contribution in [0.3, 0.4) is 0 Å². The molecule has 3 nitrogen and oxygen atoms in total. The zero-order valence-electron chi connectivity index (χ0n) is 6.79. The summed E-state index contributed by atoms with van der Waals surface area (Å²) in [4.78, 5) is 12.1. The van der Waals surface area contributed by atoms with Crippen molar-refractivity contribution in [1.29, 1.82) is 0 Å². The predicted molar refractivity (Wildman–Crippen MR) is 44.7 cm³/mol. The molecule has 0 saturated carbocycles. The van der Waals surface area contributed by atoms with Gasteiger partial charge in [-0.2, -0.15) is 0 Å². The Morgan fingerprint density at radius 1 is 1.50 bits per heavy atom. The van der Waals surface area contributed by atoms with Gasteiger partial charge in [0.1, 0.15) is 0 Å². The summed E-state index contributed by atoms with van der Waals surface area (Å²) in [6, 6.07) is 0. The Labute approximate surface area is 71.0 Å². The second-order valence-electron chi connectivity index (χ2n) is 3.11. The second kappa shape index (κ2) is 2.66. The van der Waals surface area contributed by atoms with Gasteiger partial charge in [-0.05, 0) is 30.9 Å². The van der Waals surface area contributed by atoms with Crippen molar-refractivity contribution in [2.24, 2.45) is 0 Å². The van der Waals surface area contributed by atoms with E-state index in [0.717, 1.165) is 25.0 Å². The Hall–Kier alpha value is -1.25. The molecule has 1 aliphatic carbocycles. The van der Waals surface area contributed by atoms with E-state index in [0.29, 0.717) is 6.54 Å². The van der Waals surface area contributed by atoms with Crippen LogP contribution in [0.5, 0.6) is 0 Å². The SMILES string of the molecule is O=C(O)N1CCC2=C1C=CCC2.